The Balaban J connectivity index is 2.48. The Bertz CT molecular complexity index is 537. The van der Waals surface area contributed by atoms with Gasteiger partial charge in [0.25, 0.3) is 0 Å². The van der Waals surface area contributed by atoms with Crippen molar-refractivity contribution in [3.8, 4) is 0 Å². The predicted molar refractivity (Wildman–Crippen MR) is 85.0 cm³/mol. The van der Waals surface area contributed by atoms with Gasteiger partial charge in [0.15, 0.2) is 0 Å². The Hall–Kier alpha value is -1.58. The number of esters is 2. The number of hydrogen-bond acceptors (Lipinski definition) is 4. The fraction of sp³-hybridized carbons (Fsp3) is 0.412. The summed E-state index contributed by atoms with van der Waals surface area (Å²) in [6.07, 6.45) is 6.74. The maximum absolute atomic E-state index is 12.6. The molecule has 0 heterocycles. The molecule has 0 radical (unpaired) electrons. The van der Waals surface area contributed by atoms with Crippen LogP contribution in [0, 0.1) is 5.92 Å². The van der Waals surface area contributed by atoms with Crippen molar-refractivity contribution in [1.29, 1.82) is 0 Å². The Kier molecular flexibility index (Phi) is 5.81. The second-order valence-electron chi connectivity index (χ2n) is 5.10. The molecule has 4 nitrogen and oxygen atoms in total. The molecule has 5 heteroatoms. The van der Waals surface area contributed by atoms with Gasteiger partial charge in [-0.25, -0.2) is 0 Å². The predicted octanol–water partition coefficient (Wildman–Crippen LogP) is 1.88. The Labute approximate surface area is 137 Å². The second kappa shape index (κ2) is 7.61. The number of ether oxygens (including phenoxy) is 2. The van der Waals surface area contributed by atoms with Gasteiger partial charge < -0.3 is 0 Å². The number of benzene rings is 1. The molecule has 0 aliphatic heterocycles. The van der Waals surface area contributed by atoms with Crippen LogP contribution in [-0.2, 0) is 19.1 Å². The van der Waals surface area contributed by atoms with Crippen molar-refractivity contribution in [1.82, 2.24) is 0 Å². The third-order valence-corrected chi connectivity index (χ3v) is 6.85. The number of hydrogen-bond donors (Lipinski definition) is 0. The maximum atomic E-state index is 12.6. The van der Waals surface area contributed by atoms with E-state index in [9.17, 15) is 9.59 Å². The van der Waals surface area contributed by atoms with Gasteiger partial charge in [-0.15, -0.1) is 0 Å². The summed E-state index contributed by atoms with van der Waals surface area (Å²) in [4.78, 5) is 25.2. The van der Waals surface area contributed by atoms with Gasteiger partial charge in [-0.1, -0.05) is 0 Å². The van der Waals surface area contributed by atoms with E-state index in [1.165, 1.54) is 14.2 Å². The van der Waals surface area contributed by atoms with E-state index in [2.05, 4.69) is 0 Å². The van der Waals surface area contributed by atoms with E-state index < -0.39 is 31.2 Å². The normalized spacial score (nSPS) is 17.8. The van der Waals surface area contributed by atoms with Crippen molar-refractivity contribution in [2.45, 2.75) is 23.6 Å². The van der Waals surface area contributed by atoms with E-state index in [0.717, 1.165) is 23.7 Å². The van der Waals surface area contributed by atoms with Gasteiger partial charge in [-0.05, 0) is 0 Å². The van der Waals surface area contributed by atoms with Crippen LogP contribution in [0.1, 0.15) is 19.3 Å². The molecule has 1 atom stereocenters. The van der Waals surface area contributed by atoms with Crippen LogP contribution >= 0.6 is 0 Å². The fourth-order valence-corrected chi connectivity index (χ4v) is 5.50. The van der Waals surface area contributed by atoms with E-state index in [4.69, 9.17) is 9.47 Å². The van der Waals surface area contributed by atoms with Crippen molar-refractivity contribution in [3.05, 3.63) is 42.5 Å². The molecular weight excluding hydrogens is 347 g/mol. The van der Waals surface area contributed by atoms with Crippen LogP contribution in [0.3, 0.4) is 0 Å². The Morgan fingerprint density at radius 2 is 1.77 bits per heavy atom. The van der Waals surface area contributed by atoms with E-state index in [0.29, 0.717) is 0 Å². The third-order valence-electron chi connectivity index (χ3n) is 3.78. The number of allylic oxidation sites excluding steroid dienone is 2. The van der Waals surface area contributed by atoms with Crippen molar-refractivity contribution >= 4 is 31.4 Å². The average molecular weight is 367 g/mol. The second-order valence-corrected chi connectivity index (χ2v) is 7.87. The van der Waals surface area contributed by atoms with Gasteiger partial charge in [-0.2, -0.15) is 0 Å². The summed E-state index contributed by atoms with van der Waals surface area (Å²) in [5.74, 6) is -1.18. The zero-order chi connectivity index (χ0) is 16.0. The molecule has 1 aromatic rings. The molecule has 0 saturated carbocycles. The number of rotatable bonds is 5. The number of carbonyl (C=O) groups excluding carboxylic acids is 2. The standard InChI is InChI=1S/C17H20O4Se/c1-20-15(18)17(16(19)21-2,13-9-5-3-6-10-13)22-14-11-7-4-8-12-14/h4-5,7-9,11-13H,3,6,10H2,1-2H3. The summed E-state index contributed by atoms with van der Waals surface area (Å²) in [6.45, 7) is 0. The Morgan fingerprint density at radius 1 is 1.14 bits per heavy atom. The van der Waals surface area contributed by atoms with Crippen LogP contribution in [0.15, 0.2) is 42.5 Å². The zero-order valence-electron chi connectivity index (χ0n) is 12.8. The van der Waals surface area contributed by atoms with Crippen LogP contribution in [-0.4, -0.2) is 41.1 Å². The summed E-state index contributed by atoms with van der Waals surface area (Å²) < 4.78 is 9.73. The minimum atomic E-state index is -1.26. The van der Waals surface area contributed by atoms with Crippen LogP contribution in [0.5, 0.6) is 0 Å². The van der Waals surface area contributed by atoms with Crippen LogP contribution in [0.4, 0.5) is 0 Å². The van der Waals surface area contributed by atoms with Crippen molar-refractivity contribution in [2.75, 3.05) is 14.2 Å². The van der Waals surface area contributed by atoms with E-state index in [1.54, 1.807) is 0 Å². The summed E-state index contributed by atoms with van der Waals surface area (Å²) in [7, 11) is 2.65. The molecule has 1 aromatic carbocycles. The molecule has 1 unspecified atom stereocenters. The molecule has 0 bridgehead atoms. The molecule has 0 N–H and O–H groups in total. The molecule has 0 saturated heterocycles. The van der Waals surface area contributed by atoms with Gasteiger partial charge in [0.1, 0.15) is 0 Å². The quantitative estimate of drug-likeness (QED) is 0.345. The molecule has 0 aromatic heterocycles. The minimum absolute atomic E-state index is 0.179. The van der Waals surface area contributed by atoms with Crippen LogP contribution < -0.4 is 4.46 Å². The van der Waals surface area contributed by atoms with Gasteiger partial charge in [0, 0.05) is 0 Å². The number of carbonyl (C=O) groups is 2. The molecule has 0 amide bonds. The first-order valence-corrected chi connectivity index (χ1v) is 8.94. The van der Waals surface area contributed by atoms with Crippen LogP contribution in [0.25, 0.3) is 0 Å². The van der Waals surface area contributed by atoms with Crippen molar-refractivity contribution in [3.63, 3.8) is 0 Å². The first-order valence-electron chi connectivity index (χ1n) is 7.22. The van der Waals surface area contributed by atoms with E-state index in [1.807, 2.05) is 42.5 Å². The Morgan fingerprint density at radius 3 is 2.27 bits per heavy atom. The van der Waals surface area contributed by atoms with Gasteiger partial charge >= 0.3 is 137 Å². The SMILES string of the molecule is COC(=O)C([Se]c1ccccc1)(C(=O)OC)C1C=CCCC1. The first kappa shape index (κ1) is 16.8. The molecular formula is C17H20O4Se. The average Bonchev–Trinajstić information content (AvgIpc) is 2.60. The molecule has 118 valence electrons. The van der Waals surface area contributed by atoms with Gasteiger partial charge in [-0.3, -0.25) is 0 Å². The van der Waals surface area contributed by atoms with Crippen LogP contribution in [0.2, 0.25) is 4.31 Å². The molecule has 0 spiro atoms. The topological polar surface area (TPSA) is 52.6 Å². The summed E-state index contributed by atoms with van der Waals surface area (Å²) >= 11 is -0.416. The van der Waals surface area contributed by atoms with Gasteiger partial charge in [0.05, 0.1) is 0 Å². The van der Waals surface area contributed by atoms with Gasteiger partial charge in [0.2, 0.25) is 0 Å². The summed E-state index contributed by atoms with van der Waals surface area (Å²) in [5.41, 5.74) is 0. The summed E-state index contributed by atoms with van der Waals surface area (Å²) in [6, 6.07) is 9.61. The molecule has 2 rings (SSSR count). The van der Waals surface area contributed by atoms with E-state index in [-0.39, 0.29) is 5.92 Å². The monoisotopic (exact) mass is 368 g/mol. The van der Waals surface area contributed by atoms with Crippen molar-refractivity contribution in [2.24, 2.45) is 5.92 Å². The number of methoxy groups -OCH3 is 2. The third kappa shape index (κ3) is 3.26. The fourth-order valence-electron chi connectivity index (χ4n) is 2.67. The molecule has 1 aliphatic rings. The molecule has 22 heavy (non-hydrogen) atoms. The first-order chi connectivity index (χ1) is 10.6. The van der Waals surface area contributed by atoms with Crippen molar-refractivity contribution < 1.29 is 19.1 Å². The van der Waals surface area contributed by atoms with E-state index >= 15 is 0 Å². The molecule has 0 fully saturated rings. The molecule has 1 aliphatic carbocycles. The summed E-state index contributed by atoms with van der Waals surface area (Å²) in [5, 5.41) is 0. The zero-order valence-corrected chi connectivity index (χ0v) is 14.5.